The second-order valence-electron chi connectivity index (χ2n) is 11.1. The number of aryl methyl sites for hydroxylation is 1. The lowest BCUT2D eigenvalue weighted by atomic mass is 9.81. The molecule has 2 aliphatic carbocycles. The van der Waals surface area contributed by atoms with Gasteiger partial charge in [0.25, 0.3) is 12.0 Å². The van der Waals surface area contributed by atoms with E-state index in [0.717, 1.165) is 6.07 Å². The van der Waals surface area contributed by atoms with E-state index in [1.165, 1.54) is 36.0 Å². The topological polar surface area (TPSA) is 146 Å². The number of halogens is 3. The number of benzene rings is 1. The van der Waals surface area contributed by atoms with Crippen LogP contribution in [0, 0.1) is 11.7 Å². The molecule has 0 aliphatic heterocycles. The molecule has 44 heavy (non-hydrogen) atoms. The molecule has 4 amide bonds. The first kappa shape index (κ1) is 28.4. The molecule has 0 unspecified atom stereocenters. The number of allylic oxidation sites excluding steroid dienone is 1. The quantitative estimate of drug-likeness (QED) is 0.291. The van der Waals surface area contributed by atoms with E-state index in [2.05, 4.69) is 21.0 Å². The van der Waals surface area contributed by atoms with Crippen LogP contribution in [0.1, 0.15) is 78.5 Å². The monoisotopic (exact) mass is 621 g/mol. The highest BCUT2D eigenvalue weighted by Crippen LogP contribution is 2.34. The number of carboxylic acids is 1. The smallest absolute Gasteiger partial charge is 0.326 e. The SMILES string of the molecule is [2H]C([2H])([2H])N(C(=O)N[C@@H](C(=O)O)[C@@H](C)c1ccc(NC(=O)[C@@H](NC(=O)c2ccnn2CC)C2CCC(=C(F)F)CC2)c(F)c1)C1CC1. The van der Waals surface area contributed by atoms with Crippen molar-refractivity contribution >= 4 is 29.5 Å². The summed E-state index contributed by atoms with van der Waals surface area (Å²) in [5.41, 5.74) is 0.0204. The van der Waals surface area contributed by atoms with Gasteiger partial charge in [0.15, 0.2) is 0 Å². The highest BCUT2D eigenvalue weighted by molar-refractivity contribution is 6.00. The third-order valence-electron chi connectivity index (χ3n) is 8.14. The minimum absolute atomic E-state index is 0.0129. The number of nitrogens with one attached hydrogen (secondary N) is 3. The molecule has 0 spiro atoms. The molecule has 0 radical (unpaired) electrons. The molecule has 4 rings (SSSR count). The van der Waals surface area contributed by atoms with Gasteiger partial charge in [-0.1, -0.05) is 13.0 Å². The third-order valence-corrected chi connectivity index (χ3v) is 8.14. The number of hydrogen-bond acceptors (Lipinski definition) is 5. The second-order valence-corrected chi connectivity index (χ2v) is 11.1. The Kier molecular flexibility index (Phi) is 9.01. The van der Waals surface area contributed by atoms with Crippen molar-refractivity contribution in [3.63, 3.8) is 0 Å². The van der Waals surface area contributed by atoms with E-state index in [1.54, 1.807) is 6.92 Å². The Bertz CT molecular complexity index is 1530. The summed E-state index contributed by atoms with van der Waals surface area (Å²) >= 11 is 0. The maximum absolute atomic E-state index is 15.4. The molecule has 0 saturated heterocycles. The molecule has 11 nitrogen and oxygen atoms in total. The fourth-order valence-corrected chi connectivity index (χ4v) is 5.32. The number of carbonyl (C=O) groups excluding carboxylic acids is 3. The second kappa shape index (κ2) is 14.0. The van der Waals surface area contributed by atoms with Gasteiger partial charge < -0.3 is 26.0 Å². The van der Waals surface area contributed by atoms with E-state index in [4.69, 9.17) is 4.11 Å². The number of rotatable bonds is 11. The summed E-state index contributed by atoms with van der Waals surface area (Å²) in [5, 5.41) is 21.3. The first-order chi connectivity index (χ1) is 22.1. The molecule has 1 aromatic heterocycles. The molecule has 4 N–H and O–H groups in total. The average molecular weight is 622 g/mol. The van der Waals surface area contributed by atoms with E-state index in [-0.39, 0.29) is 48.2 Å². The summed E-state index contributed by atoms with van der Waals surface area (Å²) in [6.45, 7) is 0.786. The Morgan fingerprint density at radius 3 is 2.41 bits per heavy atom. The van der Waals surface area contributed by atoms with E-state index < -0.39 is 72.6 Å². The van der Waals surface area contributed by atoms with Gasteiger partial charge in [-0.2, -0.15) is 13.9 Å². The van der Waals surface area contributed by atoms with E-state index >= 15 is 4.39 Å². The molecule has 2 aromatic rings. The number of carboxylic acid groups (broad SMARTS) is 1. The van der Waals surface area contributed by atoms with Gasteiger partial charge in [-0.3, -0.25) is 14.3 Å². The molecule has 1 heterocycles. The molecule has 0 bridgehead atoms. The fourth-order valence-electron chi connectivity index (χ4n) is 5.32. The van der Waals surface area contributed by atoms with Crippen LogP contribution >= 0.6 is 0 Å². The van der Waals surface area contributed by atoms with Gasteiger partial charge in [-0.15, -0.1) is 0 Å². The summed E-state index contributed by atoms with van der Waals surface area (Å²) in [6, 6.07) is 0.572. The van der Waals surface area contributed by atoms with Crippen LogP contribution < -0.4 is 16.0 Å². The number of anilines is 1. The zero-order valence-electron chi connectivity index (χ0n) is 27.3. The van der Waals surface area contributed by atoms with Crippen molar-refractivity contribution in [3.8, 4) is 0 Å². The maximum Gasteiger partial charge on any atom is 0.326 e. The van der Waals surface area contributed by atoms with Crippen LogP contribution in [0.25, 0.3) is 0 Å². The van der Waals surface area contributed by atoms with Gasteiger partial charge in [0, 0.05) is 35.8 Å². The van der Waals surface area contributed by atoms with Gasteiger partial charge in [0.2, 0.25) is 5.91 Å². The average Bonchev–Trinajstić information content (AvgIpc) is 3.71. The molecular weight excluding hydrogens is 581 g/mol. The molecule has 14 heteroatoms. The number of nitrogens with zero attached hydrogens (tertiary/aromatic N) is 3. The lowest BCUT2D eigenvalue weighted by Gasteiger charge is -2.31. The summed E-state index contributed by atoms with van der Waals surface area (Å²) < 4.78 is 66.1. The summed E-state index contributed by atoms with van der Waals surface area (Å²) in [4.78, 5) is 52.2. The number of urea groups is 1. The van der Waals surface area contributed by atoms with Gasteiger partial charge in [0.1, 0.15) is 23.6 Å². The number of aliphatic carboxylic acids is 1. The number of amides is 4. The lowest BCUT2D eigenvalue weighted by molar-refractivity contribution is -0.139. The van der Waals surface area contributed by atoms with Crippen LogP contribution in [-0.2, 0) is 16.1 Å². The molecule has 2 fully saturated rings. The predicted molar refractivity (Wildman–Crippen MR) is 155 cm³/mol. The molecule has 2 saturated carbocycles. The molecule has 2 aliphatic rings. The Labute approximate surface area is 257 Å². The van der Waals surface area contributed by atoms with Crippen LogP contribution in [0.5, 0.6) is 0 Å². The fraction of sp³-hybridized carbons (Fsp3) is 0.500. The number of hydrogen-bond donors (Lipinski definition) is 4. The van der Waals surface area contributed by atoms with Crippen LogP contribution in [0.2, 0.25) is 0 Å². The van der Waals surface area contributed by atoms with Crippen LogP contribution in [0.15, 0.2) is 42.1 Å². The van der Waals surface area contributed by atoms with E-state index in [9.17, 15) is 33.1 Å². The van der Waals surface area contributed by atoms with Gasteiger partial charge in [0.05, 0.1) is 5.69 Å². The van der Waals surface area contributed by atoms with Crippen molar-refractivity contribution in [3.05, 3.63) is 59.2 Å². The van der Waals surface area contributed by atoms with Crippen LogP contribution in [0.3, 0.4) is 0 Å². The third kappa shape index (κ3) is 7.58. The first-order valence-electron chi connectivity index (χ1n) is 15.9. The highest BCUT2D eigenvalue weighted by Gasteiger charge is 2.36. The molecule has 1 aromatic carbocycles. The maximum atomic E-state index is 15.4. The standard InChI is InChI=1S/C30H37F3N6O5/c1-4-39-23(13-14-34-39)27(40)36-25(17-5-7-18(8-6-17)26(32)33)28(41)35-22-12-9-19(15-21(22)31)16(2)24(29(42)43)37-30(44)38(3)20-10-11-20/h9,12-17,20,24-25H,4-8,10-11H2,1-3H3,(H,35,41)(H,36,40)(H,37,44)(H,42,43)/t16-,24+,25-/m0/s1/i3D3. The summed E-state index contributed by atoms with van der Waals surface area (Å²) in [6.07, 6.45) is 1.03. The Morgan fingerprint density at radius 1 is 1.14 bits per heavy atom. The lowest BCUT2D eigenvalue weighted by Crippen LogP contribution is -2.49. The van der Waals surface area contributed by atoms with Gasteiger partial charge in [-0.25, -0.2) is 14.0 Å². The van der Waals surface area contributed by atoms with Crippen molar-refractivity contribution < 1.29 is 41.6 Å². The van der Waals surface area contributed by atoms with E-state index in [1.807, 2.05) is 0 Å². The minimum Gasteiger partial charge on any atom is -0.480 e. The van der Waals surface area contributed by atoms with Crippen molar-refractivity contribution in [2.45, 2.75) is 83.0 Å². The van der Waals surface area contributed by atoms with Crippen LogP contribution in [-0.4, -0.2) is 68.7 Å². The summed E-state index contributed by atoms with van der Waals surface area (Å²) in [5.74, 6) is -5.36. The van der Waals surface area contributed by atoms with Crippen LogP contribution in [0.4, 0.5) is 23.7 Å². The molecule has 238 valence electrons. The van der Waals surface area contributed by atoms with E-state index in [0.29, 0.717) is 24.3 Å². The van der Waals surface area contributed by atoms with Crippen molar-refractivity contribution in [2.24, 2.45) is 5.92 Å². The minimum atomic E-state index is -2.78. The Balaban J connectivity index is 1.51. The largest absolute Gasteiger partial charge is 0.480 e. The number of carbonyl (C=O) groups is 4. The Morgan fingerprint density at radius 2 is 1.84 bits per heavy atom. The normalized spacial score (nSPS) is 19.8. The van der Waals surface area contributed by atoms with Crippen molar-refractivity contribution in [1.29, 1.82) is 0 Å². The van der Waals surface area contributed by atoms with Crippen molar-refractivity contribution in [1.82, 2.24) is 25.3 Å². The highest BCUT2D eigenvalue weighted by atomic mass is 19.3. The summed E-state index contributed by atoms with van der Waals surface area (Å²) in [7, 11) is 0. The van der Waals surface area contributed by atoms with Crippen molar-refractivity contribution in [2.75, 3.05) is 12.3 Å². The van der Waals surface area contributed by atoms with Gasteiger partial charge in [-0.05, 0) is 80.7 Å². The zero-order valence-corrected chi connectivity index (χ0v) is 24.3. The predicted octanol–water partition coefficient (Wildman–Crippen LogP) is 4.48. The van der Waals surface area contributed by atoms with Gasteiger partial charge >= 0.3 is 12.0 Å². The molecular formula is C30H37F3N6O5. The number of aromatic nitrogens is 2. The molecule has 3 atom stereocenters. The first-order valence-corrected chi connectivity index (χ1v) is 14.4. The Hall–Kier alpha value is -4.36. The zero-order chi connectivity index (χ0) is 34.6.